The van der Waals surface area contributed by atoms with Gasteiger partial charge < -0.3 is 14.5 Å². The van der Waals surface area contributed by atoms with Crippen LogP contribution in [0.25, 0.3) is 0 Å². The molecular weight excluding hydrogens is 204 g/mol. The first-order valence-corrected chi connectivity index (χ1v) is 6.13. The fourth-order valence-corrected chi connectivity index (χ4v) is 2.16. The Morgan fingerprint density at radius 1 is 1.38 bits per heavy atom. The second-order valence-electron chi connectivity index (χ2n) is 4.72. The van der Waals surface area contributed by atoms with Crippen molar-refractivity contribution in [3.05, 3.63) is 0 Å². The van der Waals surface area contributed by atoms with Gasteiger partial charge in [0, 0.05) is 26.2 Å². The van der Waals surface area contributed by atoms with Gasteiger partial charge in [0.25, 0.3) is 0 Å². The van der Waals surface area contributed by atoms with E-state index >= 15 is 0 Å². The number of amides is 1. The molecule has 1 saturated heterocycles. The highest BCUT2D eigenvalue weighted by Gasteiger charge is 2.22. The third-order valence-corrected chi connectivity index (χ3v) is 3.02. The Hall–Kier alpha value is -0.610. The number of nitrogens with zero attached hydrogens (tertiary/aromatic N) is 2. The van der Waals surface area contributed by atoms with E-state index in [1.54, 1.807) is 0 Å². The predicted molar refractivity (Wildman–Crippen MR) is 64.4 cm³/mol. The minimum atomic E-state index is 0.144. The SMILES string of the molecule is CCOCC(=O)N1CCC(CN(C)C)CC1. The summed E-state index contributed by atoms with van der Waals surface area (Å²) in [4.78, 5) is 15.8. The van der Waals surface area contributed by atoms with Crippen molar-refractivity contribution in [3.8, 4) is 0 Å². The van der Waals surface area contributed by atoms with Crippen molar-refractivity contribution < 1.29 is 9.53 Å². The van der Waals surface area contributed by atoms with E-state index in [-0.39, 0.29) is 12.5 Å². The van der Waals surface area contributed by atoms with Crippen molar-refractivity contribution in [1.29, 1.82) is 0 Å². The molecule has 16 heavy (non-hydrogen) atoms. The maximum atomic E-state index is 11.7. The van der Waals surface area contributed by atoms with Crippen molar-refractivity contribution in [2.75, 3.05) is 46.9 Å². The van der Waals surface area contributed by atoms with Crippen molar-refractivity contribution in [2.24, 2.45) is 5.92 Å². The van der Waals surface area contributed by atoms with Gasteiger partial charge in [-0.1, -0.05) is 0 Å². The maximum absolute atomic E-state index is 11.7. The largest absolute Gasteiger partial charge is 0.372 e. The van der Waals surface area contributed by atoms with E-state index < -0.39 is 0 Å². The van der Waals surface area contributed by atoms with E-state index in [9.17, 15) is 4.79 Å². The molecule has 0 unspecified atom stereocenters. The summed E-state index contributed by atoms with van der Waals surface area (Å²) in [7, 11) is 4.21. The molecule has 1 aliphatic rings. The summed E-state index contributed by atoms with van der Waals surface area (Å²) >= 11 is 0. The number of piperidine rings is 1. The van der Waals surface area contributed by atoms with Gasteiger partial charge in [0.1, 0.15) is 6.61 Å². The minimum Gasteiger partial charge on any atom is -0.372 e. The second-order valence-corrected chi connectivity index (χ2v) is 4.72. The molecule has 0 aromatic rings. The van der Waals surface area contributed by atoms with Gasteiger partial charge in [-0.3, -0.25) is 4.79 Å². The summed E-state index contributed by atoms with van der Waals surface area (Å²) in [5, 5.41) is 0. The normalized spacial score (nSPS) is 18.1. The monoisotopic (exact) mass is 228 g/mol. The first-order valence-electron chi connectivity index (χ1n) is 6.13. The zero-order valence-corrected chi connectivity index (χ0v) is 10.7. The number of hydrogen-bond acceptors (Lipinski definition) is 3. The fraction of sp³-hybridized carbons (Fsp3) is 0.917. The lowest BCUT2D eigenvalue weighted by Crippen LogP contribution is -2.42. The third kappa shape index (κ3) is 4.49. The molecule has 0 radical (unpaired) electrons. The van der Waals surface area contributed by atoms with Gasteiger partial charge in [0.15, 0.2) is 0 Å². The predicted octanol–water partition coefficient (Wildman–Crippen LogP) is 0.823. The highest BCUT2D eigenvalue weighted by Crippen LogP contribution is 2.17. The first-order chi connectivity index (χ1) is 7.63. The van der Waals surface area contributed by atoms with Crippen LogP contribution >= 0.6 is 0 Å². The molecule has 1 rings (SSSR count). The molecular formula is C12H24N2O2. The summed E-state index contributed by atoms with van der Waals surface area (Å²) in [6, 6.07) is 0. The lowest BCUT2D eigenvalue weighted by Gasteiger charge is -2.33. The molecule has 1 amide bonds. The Labute approximate surface area is 98.5 Å². The molecule has 0 bridgehead atoms. The van der Waals surface area contributed by atoms with Crippen LogP contribution in [-0.2, 0) is 9.53 Å². The Kier molecular flexibility index (Phi) is 5.77. The summed E-state index contributed by atoms with van der Waals surface area (Å²) in [6.07, 6.45) is 2.24. The Morgan fingerprint density at radius 2 is 2.00 bits per heavy atom. The van der Waals surface area contributed by atoms with Crippen molar-refractivity contribution >= 4 is 5.91 Å². The average molecular weight is 228 g/mol. The number of rotatable bonds is 5. The minimum absolute atomic E-state index is 0.144. The van der Waals surface area contributed by atoms with E-state index in [1.165, 1.54) is 0 Å². The Morgan fingerprint density at radius 3 is 2.50 bits per heavy atom. The van der Waals surface area contributed by atoms with E-state index in [4.69, 9.17) is 4.74 Å². The Bertz CT molecular complexity index is 211. The van der Waals surface area contributed by atoms with Gasteiger partial charge in [0.2, 0.25) is 5.91 Å². The van der Waals surface area contributed by atoms with Crippen LogP contribution in [0.3, 0.4) is 0 Å². The molecule has 94 valence electrons. The number of carbonyl (C=O) groups is 1. The standard InChI is InChI=1S/C12H24N2O2/c1-4-16-10-12(15)14-7-5-11(6-8-14)9-13(2)3/h11H,4-10H2,1-3H3. The molecule has 0 N–H and O–H groups in total. The van der Waals surface area contributed by atoms with Gasteiger partial charge in [-0.05, 0) is 39.8 Å². The number of ether oxygens (including phenoxy) is 1. The van der Waals surface area contributed by atoms with Crippen LogP contribution in [0.1, 0.15) is 19.8 Å². The number of likely N-dealkylation sites (tertiary alicyclic amines) is 1. The highest BCUT2D eigenvalue weighted by atomic mass is 16.5. The second kappa shape index (κ2) is 6.86. The molecule has 1 aliphatic heterocycles. The molecule has 1 heterocycles. The molecule has 0 aromatic carbocycles. The van der Waals surface area contributed by atoms with E-state index in [0.717, 1.165) is 38.4 Å². The summed E-state index contributed by atoms with van der Waals surface area (Å²) in [5.74, 6) is 0.885. The average Bonchev–Trinajstić information content (AvgIpc) is 2.26. The van der Waals surface area contributed by atoms with E-state index in [0.29, 0.717) is 6.61 Å². The quantitative estimate of drug-likeness (QED) is 0.698. The zero-order valence-electron chi connectivity index (χ0n) is 10.7. The Balaban J connectivity index is 2.23. The fourth-order valence-electron chi connectivity index (χ4n) is 2.16. The zero-order chi connectivity index (χ0) is 12.0. The molecule has 4 nitrogen and oxygen atoms in total. The summed E-state index contributed by atoms with van der Waals surface area (Å²) in [6.45, 7) is 5.69. The molecule has 4 heteroatoms. The number of carbonyl (C=O) groups excluding carboxylic acids is 1. The van der Waals surface area contributed by atoms with Crippen molar-refractivity contribution in [1.82, 2.24) is 9.80 Å². The van der Waals surface area contributed by atoms with Crippen LogP contribution < -0.4 is 0 Å². The van der Waals surface area contributed by atoms with Crippen LogP contribution in [0.15, 0.2) is 0 Å². The van der Waals surface area contributed by atoms with Crippen LogP contribution in [0, 0.1) is 5.92 Å². The molecule has 1 fully saturated rings. The summed E-state index contributed by atoms with van der Waals surface area (Å²) < 4.78 is 5.14. The van der Waals surface area contributed by atoms with Gasteiger partial charge in [-0.15, -0.1) is 0 Å². The van der Waals surface area contributed by atoms with Crippen LogP contribution in [-0.4, -0.2) is 62.7 Å². The van der Waals surface area contributed by atoms with Gasteiger partial charge >= 0.3 is 0 Å². The van der Waals surface area contributed by atoms with Gasteiger partial charge in [0.05, 0.1) is 0 Å². The first kappa shape index (κ1) is 13.5. The lowest BCUT2D eigenvalue weighted by molar-refractivity contribution is -0.137. The molecule has 0 saturated carbocycles. The highest BCUT2D eigenvalue weighted by molar-refractivity contribution is 5.77. The lowest BCUT2D eigenvalue weighted by atomic mass is 9.96. The van der Waals surface area contributed by atoms with Crippen LogP contribution in [0.5, 0.6) is 0 Å². The van der Waals surface area contributed by atoms with E-state index in [2.05, 4.69) is 19.0 Å². The molecule has 0 atom stereocenters. The number of hydrogen-bond donors (Lipinski definition) is 0. The van der Waals surface area contributed by atoms with Crippen LogP contribution in [0.4, 0.5) is 0 Å². The van der Waals surface area contributed by atoms with Crippen LogP contribution in [0.2, 0.25) is 0 Å². The van der Waals surface area contributed by atoms with Gasteiger partial charge in [-0.25, -0.2) is 0 Å². The van der Waals surface area contributed by atoms with Crippen molar-refractivity contribution in [3.63, 3.8) is 0 Å². The molecule has 0 aromatic heterocycles. The summed E-state index contributed by atoms with van der Waals surface area (Å²) in [5.41, 5.74) is 0. The smallest absolute Gasteiger partial charge is 0.248 e. The molecule has 0 spiro atoms. The molecule has 0 aliphatic carbocycles. The third-order valence-electron chi connectivity index (χ3n) is 3.02. The van der Waals surface area contributed by atoms with Crippen molar-refractivity contribution in [2.45, 2.75) is 19.8 Å². The maximum Gasteiger partial charge on any atom is 0.248 e. The topological polar surface area (TPSA) is 32.8 Å². The van der Waals surface area contributed by atoms with E-state index in [1.807, 2.05) is 11.8 Å². The van der Waals surface area contributed by atoms with Gasteiger partial charge in [-0.2, -0.15) is 0 Å².